The zero-order valence-electron chi connectivity index (χ0n) is 14.8. The predicted molar refractivity (Wildman–Crippen MR) is 106 cm³/mol. The van der Waals surface area contributed by atoms with Crippen molar-refractivity contribution in [2.45, 2.75) is 39.5 Å². The highest BCUT2D eigenvalue weighted by Crippen LogP contribution is 2.32. The van der Waals surface area contributed by atoms with Gasteiger partial charge in [-0.2, -0.15) is 0 Å². The summed E-state index contributed by atoms with van der Waals surface area (Å²) in [5.41, 5.74) is 1.47. The van der Waals surface area contributed by atoms with Gasteiger partial charge in [-0.25, -0.2) is 4.98 Å². The first-order valence-corrected chi connectivity index (χ1v) is 9.54. The molecule has 1 N–H and O–H groups in total. The van der Waals surface area contributed by atoms with Crippen LogP contribution in [0.5, 0.6) is 5.75 Å². The van der Waals surface area contributed by atoms with Crippen molar-refractivity contribution in [2.75, 3.05) is 18.0 Å². The zero-order valence-corrected chi connectivity index (χ0v) is 16.4. The third kappa shape index (κ3) is 6.12. The topological polar surface area (TPSA) is 61.1 Å². The smallest absolute Gasteiger partial charge is 0.174 e. The normalized spacial score (nSPS) is 11.2. The number of anilines is 1. The summed E-state index contributed by atoms with van der Waals surface area (Å²) in [5.74, 6) is 0.635. The van der Waals surface area contributed by atoms with Crippen molar-refractivity contribution in [3.05, 3.63) is 41.0 Å². The summed E-state index contributed by atoms with van der Waals surface area (Å²) in [6, 6.07) is 9.18. The van der Waals surface area contributed by atoms with Crippen molar-refractivity contribution in [2.24, 2.45) is 10.2 Å². The van der Waals surface area contributed by atoms with E-state index in [0.29, 0.717) is 11.5 Å². The number of nitrogens with zero attached hydrogens (tertiary/aromatic N) is 4. The number of phenols is 1. The van der Waals surface area contributed by atoms with Crippen molar-refractivity contribution in [1.29, 1.82) is 0 Å². The lowest BCUT2D eigenvalue weighted by molar-refractivity contribution is 0.476. The third-order valence-electron chi connectivity index (χ3n) is 3.86. The Balaban J connectivity index is 2.13. The number of hydrogen-bond acceptors (Lipinski definition) is 5. The van der Waals surface area contributed by atoms with Crippen LogP contribution < -0.4 is 4.90 Å². The highest BCUT2D eigenvalue weighted by atomic mass is 79.9. The lowest BCUT2D eigenvalue weighted by Gasteiger charge is -2.25. The molecule has 2 rings (SSSR count). The van der Waals surface area contributed by atoms with Gasteiger partial charge in [0.25, 0.3) is 0 Å². The van der Waals surface area contributed by atoms with Gasteiger partial charge in [-0.05, 0) is 53.0 Å². The SMILES string of the molecule is CCCCN(CCCC)c1ccc(N=Nc2ccc(Br)cn2)c(O)c1. The summed E-state index contributed by atoms with van der Waals surface area (Å²) in [6.45, 7) is 6.38. The average Bonchev–Trinajstić information content (AvgIpc) is 2.62. The van der Waals surface area contributed by atoms with Crippen LogP contribution in [0.3, 0.4) is 0 Å². The molecule has 0 atom stereocenters. The van der Waals surface area contributed by atoms with Crippen LogP contribution in [0.4, 0.5) is 17.2 Å². The number of halogens is 1. The summed E-state index contributed by atoms with van der Waals surface area (Å²) in [5, 5.41) is 18.5. The average molecular weight is 405 g/mol. The van der Waals surface area contributed by atoms with Crippen LogP contribution in [-0.2, 0) is 0 Å². The van der Waals surface area contributed by atoms with E-state index in [2.05, 4.69) is 49.9 Å². The molecule has 1 aromatic carbocycles. The van der Waals surface area contributed by atoms with Crippen LogP contribution in [-0.4, -0.2) is 23.2 Å². The van der Waals surface area contributed by atoms with E-state index in [1.807, 2.05) is 12.1 Å². The van der Waals surface area contributed by atoms with Gasteiger partial charge in [0, 0.05) is 35.5 Å². The molecule has 2 aromatic rings. The Hall–Kier alpha value is -1.95. The van der Waals surface area contributed by atoms with E-state index in [0.717, 1.165) is 48.9 Å². The predicted octanol–water partition coefficient (Wildman–Crippen LogP) is 6.37. The molecule has 0 aliphatic heterocycles. The molecule has 134 valence electrons. The quantitative estimate of drug-likeness (QED) is 0.493. The number of pyridine rings is 1. The summed E-state index contributed by atoms with van der Waals surface area (Å²) >= 11 is 3.33. The first kappa shape index (κ1) is 19.4. The third-order valence-corrected chi connectivity index (χ3v) is 4.33. The monoisotopic (exact) mass is 404 g/mol. The zero-order chi connectivity index (χ0) is 18.1. The Morgan fingerprint density at radius 3 is 2.32 bits per heavy atom. The van der Waals surface area contributed by atoms with E-state index in [4.69, 9.17) is 0 Å². The van der Waals surface area contributed by atoms with Crippen LogP contribution >= 0.6 is 15.9 Å². The molecule has 0 aliphatic carbocycles. The lowest BCUT2D eigenvalue weighted by atomic mass is 10.2. The van der Waals surface area contributed by atoms with E-state index in [1.165, 1.54) is 0 Å². The molecule has 1 heterocycles. The maximum Gasteiger partial charge on any atom is 0.174 e. The van der Waals surface area contributed by atoms with Crippen LogP contribution in [0, 0.1) is 0 Å². The molecule has 1 aromatic heterocycles. The number of aromatic nitrogens is 1. The number of azo groups is 1. The number of benzene rings is 1. The molecular weight excluding hydrogens is 380 g/mol. The van der Waals surface area contributed by atoms with Crippen molar-refractivity contribution >= 4 is 33.1 Å². The first-order valence-electron chi connectivity index (χ1n) is 8.75. The molecule has 0 bridgehead atoms. The fourth-order valence-corrected chi connectivity index (χ4v) is 2.63. The molecule has 0 fully saturated rings. The van der Waals surface area contributed by atoms with Crippen LogP contribution in [0.2, 0.25) is 0 Å². The van der Waals surface area contributed by atoms with Gasteiger partial charge in [-0.15, -0.1) is 10.2 Å². The van der Waals surface area contributed by atoms with Crippen LogP contribution in [0.1, 0.15) is 39.5 Å². The minimum Gasteiger partial charge on any atom is -0.506 e. The van der Waals surface area contributed by atoms with Gasteiger partial charge in [0.15, 0.2) is 5.82 Å². The molecule has 0 amide bonds. The maximum atomic E-state index is 10.3. The Labute approximate surface area is 157 Å². The first-order chi connectivity index (χ1) is 12.1. The highest BCUT2D eigenvalue weighted by molar-refractivity contribution is 9.10. The van der Waals surface area contributed by atoms with Gasteiger partial charge in [-0.1, -0.05) is 26.7 Å². The number of unbranched alkanes of at least 4 members (excludes halogenated alkanes) is 2. The lowest BCUT2D eigenvalue weighted by Crippen LogP contribution is -2.25. The molecule has 0 saturated carbocycles. The molecule has 6 heteroatoms. The van der Waals surface area contributed by atoms with E-state index in [9.17, 15) is 5.11 Å². The fraction of sp³-hybridized carbons (Fsp3) is 0.421. The number of hydrogen-bond donors (Lipinski definition) is 1. The standard InChI is InChI=1S/C19H25BrN4O/c1-3-5-11-24(12-6-4-2)16-8-9-17(18(25)13-16)22-23-19-10-7-15(20)14-21-19/h7-10,13-14,25H,3-6,11-12H2,1-2H3. The highest BCUT2D eigenvalue weighted by Gasteiger charge is 2.09. The van der Waals surface area contributed by atoms with Crippen molar-refractivity contribution in [3.8, 4) is 5.75 Å². The second-order valence-corrected chi connectivity index (χ2v) is 6.82. The van der Waals surface area contributed by atoms with Crippen molar-refractivity contribution < 1.29 is 5.11 Å². The van der Waals surface area contributed by atoms with Gasteiger partial charge in [0.05, 0.1) is 0 Å². The molecular formula is C19H25BrN4O. The molecule has 0 radical (unpaired) electrons. The Morgan fingerprint density at radius 1 is 1.04 bits per heavy atom. The summed E-state index contributed by atoms with van der Waals surface area (Å²) in [4.78, 5) is 6.46. The number of aromatic hydroxyl groups is 1. The Kier molecular flexibility index (Phi) is 7.85. The molecule has 0 aliphatic rings. The minimum atomic E-state index is 0.136. The second-order valence-electron chi connectivity index (χ2n) is 5.90. The largest absolute Gasteiger partial charge is 0.506 e. The van der Waals surface area contributed by atoms with Crippen LogP contribution in [0.25, 0.3) is 0 Å². The molecule has 5 nitrogen and oxygen atoms in total. The van der Waals surface area contributed by atoms with Crippen molar-refractivity contribution in [3.63, 3.8) is 0 Å². The minimum absolute atomic E-state index is 0.136. The molecule has 25 heavy (non-hydrogen) atoms. The molecule has 0 spiro atoms. The van der Waals surface area contributed by atoms with Gasteiger partial charge in [-0.3, -0.25) is 0 Å². The maximum absolute atomic E-state index is 10.3. The Bertz CT molecular complexity index is 680. The summed E-state index contributed by atoms with van der Waals surface area (Å²) in [6.07, 6.45) is 6.25. The van der Waals surface area contributed by atoms with E-state index >= 15 is 0 Å². The number of rotatable bonds is 9. The van der Waals surface area contributed by atoms with E-state index < -0.39 is 0 Å². The Morgan fingerprint density at radius 2 is 1.76 bits per heavy atom. The number of phenolic OH excluding ortho intramolecular Hbond substituents is 1. The molecule has 0 unspecified atom stereocenters. The van der Waals surface area contributed by atoms with Gasteiger partial charge < -0.3 is 10.0 Å². The van der Waals surface area contributed by atoms with Gasteiger partial charge in [0.1, 0.15) is 11.4 Å². The fourth-order valence-electron chi connectivity index (χ4n) is 2.39. The van der Waals surface area contributed by atoms with Crippen LogP contribution in [0.15, 0.2) is 51.2 Å². The van der Waals surface area contributed by atoms with E-state index in [1.54, 1.807) is 24.4 Å². The summed E-state index contributed by atoms with van der Waals surface area (Å²) < 4.78 is 0.887. The summed E-state index contributed by atoms with van der Waals surface area (Å²) in [7, 11) is 0. The molecule has 0 saturated heterocycles. The van der Waals surface area contributed by atoms with Gasteiger partial charge >= 0.3 is 0 Å². The van der Waals surface area contributed by atoms with Crippen molar-refractivity contribution in [1.82, 2.24) is 4.98 Å². The second kappa shape index (κ2) is 10.1. The van der Waals surface area contributed by atoms with Gasteiger partial charge in [0.2, 0.25) is 0 Å². The van der Waals surface area contributed by atoms with E-state index in [-0.39, 0.29) is 5.75 Å².